The highest BCUT2D eigenvalue weighted by atomic mass is 15.2. The van der Waals surface area contributed by atoms with E-state index in [-0.39, 0.29) is 5.41 Å². The lowest BCUT2D eigenvalue weighted by Crippen LogP contribution is -2.44. The minimum atomic E-state index is 0.175. The molecule has 0 aromatic carbocycles. The number of nitrogens with zero attached hydrogens (tertiary/aromatic N) is 2. The van der Waals surface area contributed by atoms with Crippen LogP contribution in [0.1, 0.15) is 26.3 Å². The Balaban J connectivity index is 2.38. The van der Waals surface area contributed by atoms with Crippen LogP contribution in [0, 0.1) is 5.41 Å². The maximum Gasteiger partial charge on any atom is 0.131 e. The highest BCUT2D eigenvalue weighted by Gasteiger charge is 2.22. The van der Waals surface area contributed by atoms with Crippen LogP contribution in [0.3, 0.4) is 0 Å². The zero-order chi connectivity index (χ0) is 14.0. The van der Waals surface area contributed by atoms with Gasteiger partial charge in [-0.2, -0.15) is 0 Å². The molecule has 0 bridgehead atoms. The summed E-state index contributed by atoms with van der Waals surface area (Å²) < 4.78 is 0. The second-order valence-electron chi connectivity index (χ2n) is 6.40. The van der Waals surface area contributed by atoms with E-state index in [1.54, 1.807) is 0 Å². The van der Waals surface area contributed by atoms with Crippen LogP contribution in [-0.4, -0.2) is 31.2 Å². The van der Waals surface area contributed by atoms with E-state index in [4.69, 9.17) is 11.5 Å². The number of nitrogens with two attached hydrogens (primary N) is 2. The molecule has 0 radical (unpaired) electrons. The molecule has 1 aliphatic heterocycles. The molecule has 1 aliphatic rings. The van der Waals surface area contributed by atoms with Crippen LogP contribution in [0.25, 0.3) is 0 Å². The third-order valence-electron chi connectivity index (χ3n) is 3.32. The molecule has 1 aromatic heterocycles. The summed E-state index contributed by atoms with van der Waals surface area (Å²) in [6, 6.07) is 1.96. The van der Waals surface area contributed by atoms with Crippen molar-refractivity contribution < 1.29 is 0 Å². The van der Waals surface area contributed by atoms with Crippen molar-refractivity contribution in [1.29, 1.82) is 0 Å². The third kappa shape index (κ3) is 3.50. The number of rotatable bonds is 2. The molecule has 0 atom stereocenters. The zero-order valence-electron chi connectivity index (χ0n) is 12.2. The summed E-state index contributed by atoms with van der Waals surface area (Å²) in [6.07, 6.45) is 0.908. The lowest BCUT2D eigenvalue weighted by molar-refractivity contribution is 0.411. The average Bonchev–Trinajstić information content (AvgIpc) is 2.32. The monoisotopic (exact) mass is 263 g/mol. The molecule has 106 valence electrons. The Kier molecular flexibility index (Phi) is 3.85. The largest absolute Gasteiger partial charge is 0.384 e. The van der Waals surface area contributed by atoms with Gasteiger partial charge in [0.05, 0.1) is 0 Å². The van der Waals surface area contributed by atoms with Crippen LogP contribution < -0.4 is 21.7 Å². The van der Waals surface area contributed by atoms with Gasteiger partial charge in [0.15, 0.2) is 0 Å². The second kappa shape index (κ2) is 5.25. The van der Waals surface area contributed by atoms with E-state index in [1.165, 1.54) is 0 Å². The lowest BCUT2D eigenvalue weighted by Gasteiger charge is -2.33. The van der Waals surface area contributed by atoms with Crippen LogP contribution in [0.15, 0.2) is 6.07 Å². The number of nitrogen functional groups attached to an aromatic ring is 2. The number of hydrogen-bond acceptors (Lipinski definition) is 5. The van der Waals surface area contributed by atoms with Crippen molar-refractivity contribution in [1.82, 2.24) is 10.3 Å². The number of hydrogen-bond donors (Lipinski definition) is 3. The number of aromatic nitrogens is 1. The van der Waals surface area contributed by atoms with Gasteiger partial charge in [-0.05, 0) is 11.8 Å². The summed E-state index contributed by atoms with van der Waals surface area (Å²) >= 11 is 0. The molecule has 0 aliphatic carbocycles. The van der Waals surface area contributed by atoms with Gasteiger partial charge in [0.1, 0.15) is 11.6 Å². The van der Waals surface area contributed by atoms with Crippen molar-refractivity contribution in [2.45, 2.75) is 27.2 Å². The molecular formula is C14H25N5. The van der Waals surface area contributed by atoms with Crippen LogP contribution in [0.2, 0.25) is 0 Å². The van der Waals surface area contributed by atoms with Crippen LogP contribution in [0.5, 0.6) is 0 Å². The Hall–Kier alpha value is -1.49. The Bertz CT molecular complexity index is 444. The van der Waals surface area contributed by atoms with Crippen LogP contribution in [-0.2, 0) is 6.42 Å². The molecule has 0 amide bonds. The topological polar surface area (TPSA) is 80.2 Å². The maximum atomic E-state index is 6.10. The Morgan fingerprint density at radius 1 is 1.26 bits per heavy atom. The van der Waals surface area contributed by atoms with E-state index in [0.717, 1.165) is 43.9 Å². The van der Waals surface area contributed by atoms with E-state index in [1.807, 2.05) is 6.07 Å². The number of nitrogens with one attached hydrogen (secondary N) is 1. The first kappa shape index (κ1) is 13.9. The normalized spacial score (nSPS) is 16.7. The van der Waals surface area contributed by atoms with Crippen molar-refractivity contribution in [3.05, 3.63) is 11.6 Å². The molecular weight excluding hydrogens is 238 g/mol. The van der Waals surface area contributed by atoms with Crippen molar-refractivity contribution in [3.8, 4) is 0 Å². The highest BCUT2D eigenvalue weighted by Crippen LogP contribution is 2.33. The summed E-state index contributed by atoms with van der Waals surface area (Å²) in [5.41, 5.74) is 14.4. The average molecular weight is 263 g/mol. The smallest absolute Gasteiger partial charge is 0.131 e. The third-order valence-corrected chi connectivity index (χ3v) is 3.32. The van der Waals surface area contributed by atoms with Gasteiger partial charge < -0.3 is 21.7 Å². The van der Waals surface area contributed by atoms with E-state index in [0.29, 0.717) is 11.6 Å². The summed E-state index contributed by atoms with van der Waals surface area (Å²) in [5.74, 6) is 1.08. The van der Waals surface area contributed by atoms with E-state index in [2.05, 4.69) is 36.0 Å². The van der Waals surface area contributed by atoms with Crippen molar-refractivity contribution in [2.75, 3.05) is 42.5 Å². The van der Waals surface area contributed by atoms with Crippen LogP contribution in [0.4, 0.5) is 17.3 Å². The van der Waals surface area contributed by atoms with Gasteiger partial charge in [-0.25, -0.2) is 4.98 Å². The van der Waals surface area contributed by atoms with E-state index >= 15 is 0 Å². The summed E-state index contributed by atoms with van der Waals surface area (Å²) in [7, 11) is 0. The van der Waals surface area contributed by atoms with E-state index in [9.17, 15) is 0 Å². The number of pyridine rings is 1. The summed E-state index contributed by atoms with van der Waals surface area (Å²) in [6.45, 7) is 10.6. The molecule has 19 heavy (non-hydrogen) atoms. The Morgan fingerprint density at radius 3 is 2.47 bits per heavy atom. The number of piperazine rings is 1. The molecule has 1 aromatic rings. The Morgan fingerprint density at radius 2 is 1.89 bits per heavy atom. The zero-order valence-corrected chi connectivity index (χ0v) is 12.2. The molecule has 5 nitrogen and oxygen atoms in total. The highest BCUT2D eigenvalue weighted by molar-refractivity contribution is 5.66. The van der Waals surface area contributed by atoms with Gasteiger partial charge in [-0.1, -0.05) is 20.8 Å². The van der Waals surface area contributed by atoms with Gasteiger partial charge in [0, 0.05) is 43.5 Å². The fourth-order valence-corrected chi connectivity index (χ4v) is 2.50. The van der Waals surface area contributed by atoms with Crippen molar-refractivity contribution >= 4 is 17.3 Å². The maximum absolute atomic E-state index is 6.10. The molecule has 1 saturated heterocycles. The van der Waals surface area contributed by atoms with Crippen molar-refractivity contribution in [3.63, 3.8) is 0 Å². The molecule has 2 rings (SSSR count). The fraction of sp³-hybridized carbons (Fsp3) is 0.643. The van der Waals surface area contributed by atoms with Crippen molar-refractivity contribution in [2.24, 2.45) is 5.41 Å². The predicted molar refractivity (Wildman–Crippen MR) is 81.3 cm³/mol. The molecule has 0 spiro atoms. The minimum absolute atomic E-state index is 0.175. The number of anilines is 3. The molecule has 0 unspecified atom stereocenters. The van der Waals surface area contributed by atoms with E-state index < -0.39 is 0 Å². The second-order valence-corrected chi connectivity index (χ2v) is 6.40. The molecule has 1 fully saturated rings. The van der Waals surface area contributed by atoms with Gasteiger partial charge in [0.25, 0.3) is 0 Å². The first-order chi connectivity index (χ1) is 8.87. The van der Waals surface area contributed by atoms with Gasteiger partial charge >= 0.3 is 0 Å². The van der Waals surface area contributed by atoms with Crippen LogP contribution >= 0.6 is 0 Å². The first-order valence-electron chi connectivity index (χ1n) is 6.87. The standard InChI is InChI=1S/C14H25N5/c1-14(2,3)9-10-11(8-12(15)18-13(10)16)19-6-4-17-5-7-19/h8,17H,4-7,9H2,1-3H3,(H4,15,16,18). The fourth-order valence-electron chi connectivity index (χ4n) is 2.50. The molecule has 5 heteroatoms. The predicted octanol–water partition coefficient (Wildman–Crippen LogP) is 1.24. The van der Waals surface area contributed by atoms with Gasteiger partial charge in [-0.3, -0.25) is 0 Å². The van der Waals surface area contributed by atoms with Gasteiger partial charge in [-0.15, -0.1) is 0 Å². The Labute approximate surface area is 115 Å². The lowest BCUT2D eigenvalue weighted by atomic mass is 9.87. The summed E-state index contributed by atoms with van der Waals surface area (Å²) in [4.78, 5) is 6.58. The molecule has 0 saturated carbocycles. The van der Waals surface area contributed by atoms with Gasteiger partial charge in [0.2, 0.25) is 0 Å². The quantitative estimate of drug-likeness (QED) is 0.748. The SMILES string of the molecule is CC(C)(C)Cc1c(N2CCNCC2)cc(N)nc1N. The summed E-state index contributed by atoms with van der Waals surface area (Å²) in [5, 5.41) is 3.36. The molecule has 5 N–H and O–H groups in total. The molecule has 2 heterocycles. The minimum Gasteiger partial charge on any atom is -0.384 e. The first-order valence-corrected chi connectivity index (χ1v) is 6.87.